The van der Waals surface area contributed by atoms with Crippen molar-refractivity contribution >= 4 is 11.9 Å². The average Bonchev–Trinajstić information content (AvgIpc) is 2.58. The zero-order valence-electron chi connectivity index (χ0n) is 13.2. The molecular formula is C17H18F3NO3. The second kappa shape index (κ2) is 7.51. The van der Waals surface area contributed by atoms with Gasteiger partial charge in [0, 0.05) is 6.42 Å². The van der Waals surface area contributed by atoms with E-state index in [1.165, 1.54) is 18.1 Å². The maximum Gasteiger partial charge on any atom is 0.328 e. The largest absolute Gasteiger partial charge is 0.467 e. The molecule has 0 radical (unpaired) electrons. The molecule has 0 saturated carbocycles. The highest BCUT2D eigenvalue weighted by molar-refractivity contribution is 5.85. The fourth-order valence-corrected chi connectivity index (χ4v) is 3.04. The minimum Gasteiger partial charge on any atom is -0.467 e. The Morgan fingerprint density at radius 3 is 2.46 bits per heavy atom. The first-order chi connectivity index (χ1) is 11.4. The molecule has 1 aliphatic heterocycles. The SMILES string of the molecule is C=CCC(=O)N1[C@@H](C(=O)OC)CCC[C@H]1c1cc(F)c(F)c(F)c1. The first kappa shape index (κ1) is 18.0. The van der Waals surface area contributed by atoms with Crippen molar-refractivity contribution in [3.63, 3.8) is 0 Å². The minimum atomic E-state index is -1.57. The lowest BCUT2D eigenvalue weighted by Gasteiger charge is -2.41. The lowest BCUT2D eigenvalue weighted by molar-refractivity contribution is -0.157. The van der Waals surface area contributed by atoms with Crippen molar-refractivity contribution in [1.29, 1.82) is 0 Å². The van der Waals surface area contributed by atoms with E-state index in [4.69, 9.17) is 4.74 Å². The molecule has 24 heavy (non-hydrogen) atoms. The Hall–Kier alpha value is -2.31. The van der Waals surface area contributed by atoms with Crippen LogP contribution in [-0.4, -0.2) is 29.9 Å². The minimum absolute atomic E-state index is 0.0316. The number of esters is 1. The molecule has 2 atom stereocenters. The van der Waals surface area contributed by atoms with Gasteiger partial charge in [0.15, 0.2) is 17.5 Å². The molecule has 1 aliphatic rings. The molecule has 0 spiro atoms. The Kier molecular flexibility index (Phi) is 5.64. The van der Waals surface area contributed by atoms with E-state index < -0.39 is 41.4 Å². The number of amides is 1. The van der Waals surface area contributed by atoms with Crippen LogP contribution in [0.2, 0.25) is 0 Å². The third-order valence-corrected chi connectivity index (χ3v) is 4.10. The molecule has 1 amide bonds. The molecule has 1 aromatic carbocycles. The molecule has 1 heterocycles. The third-order valence-electron chi connectivity index (χ3n) is 4.10. The van der Waals surface area contributed by atoms with Crippen LogP contribution in [0.15, 0.2) is 24.8 Å². The van der Waals surface area contributed by atoms with E-state index in [9.17, 15) is 22.8 Å². The van der Waals surface area contributed by atoms with E-state index >= 15 is 0 Å². The van der Waals surface area contributed by atoms with Crippen molar-refractivity contribution < 1.29 is 27.5 Å². The molecule has 0 N–H and O–H groups in total. The van der Waals surface area contributed by atoms with Crippen molar-refractivity contribution in [2.45, 2.75) is 37.8 Å². The van der Waals surface area contributed by atoms with E-state index in [0.29, 0.717) is 19.3 Å². The zero-order valence-corrected chi connectivity index (χ0v) is 13.2. The van der Waals surface area contributed by atoms with Gasteiger partial charge in [-0.1, -0.05) is 6.08 Å². The summed E-state index contributed by atoms with van der Waals surface area (Å²) in [5.41, 5.74) is 0.109. The van der Waals surface area contributed by atoms with Crippen LogP contribution < -0.4 is 0 Å². The summed E-state index contributed by atoms with van der Waals surface area (Å²) in [5, 5.41) is 0. The number of halogens is 3. The number of carbonyl (C=O) groups is 2. The number of likely N-dealkylation sites (tertiary alicyclic amines) is 1. The standard InChI is InChI=1S/C17H18F3NO3/c1-3-5-15(22)21-13(6-4-7-14(21)17(23)24-2)10-8-11(18)16(20)12(19)9-10/h3,8-9,13-14H,1,4-7H2,2H3/t13-,14+/m0/s1. The summed E-state index contributed by atoms with van der Waals surface area (Å²) in [7, 11) is 1.21. The van der Waals surface area contributed by atoms with Gasteiger partial charge in [0.05, 0.1) is 13.2 Å². The molecule has 1 aromatic rings. The highest BCUT2D eigenvalue weighted by Crippen LogP contribution is 2.36. The number of nitrogens with zero attached hydrogens (tertiary/aromatic N) is 1. The number of carbonyl (C=O) groups excluding carboxylic acids is 2. The number of benzene rings is 1. The number of hydrogen-bond donors (Lipinski definition) is 0. The van der Waals surface area contributed by atoms with Crippen LogP contribution in [0.25, 0.3) is 0 Å². The van der Waals surface area contributed by atoms with Crippen LogP contribution in [0.3, 0.4) is 0 Å². The predicted octanol–water partition coefficient (Wildman–Crippen LogP) is 3.28. The van der Waals surface area contributed by atoms with Crippen molar-refractivity contribution in [3.05, 3.63) is 47.8 Å². The Morgan fingerprint density at radius 1 is 1.29 bits per heavy atom. The quantitative estimate of drug-likeness (QED) is 0.480. The lowest BCUT2D eigenvalue weighted by Crippen LogP contribution is -2.50. The monoisotopic (exact) mass is 341 g/mol. The zero-order chi connectivity index (χ0) is 17.9. The van der Waals surface area contributed by atoms with Crippen LogP contribution in [-0.2, 0) is 14.3 Å². The normalized spacial score (nSPS) is 20.6. The van der Waals surface area contributed by atoms with Gasteiger partial charge in [0.2, 0.25) is 5.91 Å². The fraction of sp³-hybridized carbons (Fsp3) is 0.412. The van der Waals surface area contributed by atoms with Gasteiger partial charge in [-0.25, -0.2) is 18.0 Å². The van der Waals surface area contributed by atoms with Gasteiger partial charge in [0.1, 0.15) is 6.04 Å². The smallest absolute Gasteiger partial charge is 0.328 e. The molecule has 1 fully saturated rings. The Bertz CT molecular complexity index is 639. The van der Waals surface area contributed by atoms with Gasteiger partial charge in [-0.2, -0.15) is 0 Å². The summed E-state index contributed by atoms with van der Waals surface area (Å²) in [5.74, 6) is -5.24. The van der Waals surface area contributed by atoms with Gasteiger partial charge in [-0.3, -0.25) is 4.79 Å². The number of rotatable bonds is 4. The fourth-order valence-electron chi connectivity index (χ4n) is 3.04. The Morgan fingerprint density at radius 2 is 1.92 bits per heavy atom. The molecule has 0 aromatic heterocycles. The average molecular weight is 341 g/mol. The molecule has 0 aliphatic carbocycles. The predicted molar refractivity (Wildman–Crippen MR) is 80.4 cm³/mol. The first-order valence-electron chi connectivity index (χ1n) is 7.55. The van der Waals surface area contributed by atoms with Crippen molar-refractivity contribution in [3.8, 4) is 0 Å². The van der Waals surface area contributed by atoms with Crippen LogP contribution in [0, 0.1) is 17.5 Å². The highest BCUT2D eigenvalue weighted by Gasteiger charge is 2.39. The second-order valence-corrected chi connectivity index (χ2v) is 5.58. The molecule has 0 unspecified atom stereocenters. The van der Waals surface area contributed by atoms with Crippen LogP contribution in [0.5, 0.6) is 0 Å². The number of piperidine rings is 1. The van der Waals surface area contributed by atoms with Gasteiger partial charge >= 0.3 is 5.97 Å². The summed E-state index contributed by atoms with van der Waals surface area (Å²) >= 11 is 0. The van der Waals surface area contributed by atoms with Crippen LogP contribution in [0.4, 0.5) is 13.2 Å². The Labute approximate surface area is 137 Å². The van der Waals surface area contributed by atoms with Gasteiger partial charge in [-0.15, -0.1) is 6.58 Å². The van der Waals surface area contributed by atoms with E-state index in [1.807, 2.05) is 0 Å². The van der Waals surface area contributed by atoms with E-state index in [-0.39, 0.29) is 12.0 Å². The Balaban J connectivity index is 2.46. The third kappa shape index (κ3) is 3.44. The van der Waals surface area contributed by atoms with Gasteiger partial charge in [-0.05, 0) is 37.0 Å². The molecular weight excluding hydrogens is 323 g/mol. The first-order valence-corrected chi connectivity index (χ1v) is 7.55. The summed E-state index contributed by atoms with van der Waals surface area (Å²) in [6.07, 6.45) is 2.70. The maximum atomic E-state index is 13.6. The van der Waals surface area contributed by atoms with E-state index in [0.717, 1.165) is 12.1 Å². The molecule has 0 bridgehead atoms. The molecule has 1 saturated heterocycles. The van der Waals surface area contributed by atoms with Gasteiger partial charge < -0.3 is 9.64 Å². The highest BCUT2D eigenvalue weighted by atomic mass is 19.2. The van der Waals surface area contributed by atoms with Crippen molar-refractivity contribution in [2.75, 3.05) is 7.11 Å². The van der Waals surface area contributed by atoms with Crippen LogP contribution in [0.1, 0.15) is 37.3 Å². The van der Waals surface area contributed by atoms with Crippen molar-refractivity contribution in [1.82, 2.24) is 4.90 Å². The number of hydrogen-bond acceptors (Lipinski definition) is 3. The molecule has 7 heteroatoms. The molecule has 130 valence electrons. The topological polar surface area (TPSA) is 46.6 Å². The van der Waals surface area contributed by atoms with E-state index in [2.05, 4.69) is 6.58 Å². The second-order valence-electron chi connectivity index (χ2n) is 5.58. The summed E-state index contributed by atoms with van der Waals surface area (Å²) in [6, 6.07) is 0.130. The summed E-state index contributed by atoms with van der Waals surface area (Å²) in [4.78, 5) is 25.7. The molecule has 4 nitrogen and oxygen atoms in total. The van der Waals surface area contributed by atoms with E-state index in [1.54, 1.807) is 0 Å². The maximum absolute atomic E-state index is 13.6. The van der Waals surface area contributed by atoms with Gasteiger partial charge in [0.25, 0.3) is 0 Å². The number of methoxy groups -OCH3 is 1. The summed E-state index contributed by atoms with van der Waals surface area (Å²) in [6.45, 7) is 3.49. The number of ether oxygens (including phenoxy) is 1. The lowest BCUT2D eigenvalue weighted by atomic mass is 9.90. The van der Waals surface area contributed by atoms with Crippen molar-refractivity contribution in [2.24, 2.45) is 0 Å². The molecule has 2 rings (SSSR count). The summed E-state index contributed by atoms with van der Waals surface area (Å²) < 4.78 is 45.1. The van der Waals surface area contributed by atoms with Crippen LogP contribution >= 0.6 is 0 Å².